The monoisotopic (exact) mass is 538 g/mol. The van der Waals surface area contributed by atoms with Crippen LogP contribution in [0.4, 0.5) is 8.78 Å². The second-order valence-corrected chi connectivity index (χ2v) is 10.7. The lowest BCUT2D eigenvalue weighted by Crippen LogP contribution is -2.59. The van der Waals surface area contributed by atoms with Gasteiger partial charge in [-0.15, -0.1) is 11.8 Å². The van der Waals surface area contributed by atoms with Gasteiger partial charge in [-0.25, -0.2) is 8.78 Å². The number of hydrogen-bond donors (Lipinski definition) is 1. The van der Waals surface area contributed by atoms with Crippen molar-refractivity contribution in [2.45, 2.75) is 36.6 Å². The van der Waals surface area contributed by atoms with E-state index >= 15 is 4.39 Å². The average Bonchev–Trinajstić information content (AvgIpc) is 3.08. The molecular formula is C27H24F2N4O4S. The highest BCUT2D eigenvalue weighted by atomic mass is 32.2. The molecule has 0 unspecified atom stereocenters. The Labute approximate surface area is 221 Å². The van der Waals surface area contributed by atoms with Crippen LogP contribution in [0, 0.1) is 17.6 Å². The van der Waals surface area contributed by atoms with E-state index in [2.05, 4.69) is 4.98 Å². The number of ether oxygens (including phenoxy) is 1. The van der Waals surface area contributed by atoms with Crippen molar-refractivity contribution in [3.8, 4) is 11.5 Å². The summed E-state index contributed by atoms with van der Waals surface area (Å²) in [7, 11) is 0. The van der Waals surface area contributed by atoms with Gasteiger partial charge in [-0.3, -0.25) is 24.3 Å². The molecule has 5 heterocycles. The van der Waals surface area contributed by atoms with Crippen molar-refractivity contribution in [3.05, 3.63) is 93.2 Å². The van der Waals surface area contributed by atoms with E-state index in [1.165, 1.54) is 28.7 Å². The minimum atomic E-state index is -1.02. The number of amides is 1. The van der Waals surface area contributed by atoms with E-state index in [-0.39, 0.29) is 42.0 Å². The SMILES string of the molecule is CC(C)[C@H]1/C=C/COc2cc(F)c(F)c3c2[C@@H](c2ncccc2SC3)N2CN1C(=O)c1c(O)c(=O)ccn12. The Hall–Kier alpha value is -3.86. The van der Waals surface area contributed by atoms with Gasteiger partial charge < -0.3 is 14.7 Å². The third-order valence-electron chi connectivity index (χ3n) is 7.13. The Morgan fingerprint density at radius 2 is 2.05 bits per heavy atom. The Balaban J connectivity index is 1.72. The normalized spacial score (nSPS) is 21.0. The number of rotatable bonds is 1. The molecule has 3 aliphatic rings. The first-order valence-corrected chi connectivity index (χ1v) is 13.2. The third-order valence-corrected chi connectivity index (χ3v) is 8.22. The predicted molar refractivity (Wildman–Crippen MR) is 137 cm³/mol. The van der Waals surface area contributed by atoms with Gasteiger partial charge in [0, 0.05) is 46.3 Å². The standard InChI is InChI=1S/C27H24F2N4O4S/c1-14(2)17-5-4-10-37-19-11-16(28)22(29)15-12-38-20-6-3-8-30-23(20)24(21(15)19)33-13-31(17)27(36)25-26(35)18(34)7-9-32(25)33/h3-9,11,14,17,24,35H,10,12-13H2,1-2H3/b5-4+/t17-,24+/m1/s1. The van der Waals surface area contributed by atoms with Gasteiger partial charge in [0.05, 0.1) is 11.7 Å². The summed E-state index contributed by atoms with van der Waals surface area (Å²) in [5.41, 5.74) is 0.164. The largest absolute Gasteiger partial charge is 0.502 e. The summed E-state index contributed by atoms with van der Waals surface area (Å²) < 4.78 is 37.7. The number of nitrogens with zero attached hydrogens (tertiary/aromatic N) is 4. The molecule has 196 valence electrons. The number of aromatic hydroxyl groups is 1. The van der Waals surface area contributed by atoms with E-state index in [9.17, 15) is 19.1 Å². The fourth-order valence-corrected chi connectivity index (χ4v) is 6.41. The van der Waals surface area contributed by atoms with Crippen LogP contribution in [-0.4, -0.2) is 44.9 Å². The zero-order valence-corrected chi connectivity index (χ0v) is 21.4. The van der Waals surface area contributed by atoms with E-state index in [0.717, 1.165) is 11.0 Å². The molecule has 3 aromatic rings. The summed E-state index contributed by atoms with van der Waals surface area (Å²) in [5.74, 6) is -2.94. The zero-order chi connectivity index (χ0) is 26.7. The maximum absolute atomic E-state index is 15.4. The van der Waals surface area contributed by atoms with Crippen LogP contribution in [0.2, 0.25) is 0 Å². The highest BCUT2D eigenvalue weighted by Crippen LogP contribution is 2.47. The quantitative estimate of drug-likeness (QED) is 0.470. The first-order valence-electron chi connectivity index (χ1n) is 12.2. The number of halogens is 2. The summed E-state index contributed by atoms with van der Waals surface area (Å²) in [4.78, 5) is 33.2. The maximum Gasteiger partial charge on any atom is 0.278 e. The van der Waals surface area contributed by atoms with Crippen LogP contribution >= 0.6 is 11.8 Å². The lowest BCUT2D eigenvalue weighted by Gasteiger charge is -2.46. The first kappa shape index (κ1) is 24.5. The van der Waals surface area contributed by atoms with Gasteiger partial charge in [0.25, 0.3) is 5.91 Å². The molecule has 0 fully saturated rings. The molecule has 2 bridgehead atoms. The fourth-order valence-electron chi connectivity index (χ4n) is 5.34. The van der Waals surface area contributed by atoms with Crippen LogP contribution in [-0.2, 0) is 5.75 Å². The molecule has 6 rings (SSSR count). The summed E-state index contributed by atoms with van der Waals surface area (Å²) in [6, 6.07) is 4.57. The molecule has 8 nitrogen and oxygen atoms in total. The van der Waals surface area contributed by atoms with Crippen LogP contribution in [0.3, 0.4) is 0 Å². The van der Waals surface area contributed by atoms with Gasteiger partial charge >= 0.3 is 0 Å². The van der Waals surface area contributed by atoms with Gasteiger partial charge in [0.15, 0.2) is 23.1 Å². The number of pyridine rings is 2. The van der Waals surface area contributed by atoms with Gasteiger partial charge in [-0.2, -0.15) is 0 Å². The Bertz CT molecular complexity index is 1560. The van der Waals surface area contributed by atoms with Crippen molar-refractivity contribution >= 4 is 17.7 Å². The van der Waals surface area contributed by atoms with E-state index in [0.29, 0.717) is 11.3 Å². The number of thioether (sulfide) groups is 1. The maximum atomic E-state index is 15.4. The topological polar surface area (TPSA) is 87.9 Å². The molecule has 0 aliphatic carbocycles. The number of hydrogen-bond acceptors (Lipinski definition) is 7. The zero-order valence-electron chi connectivity index (χ0n) is 20.6. The molecule has 1 amide bonds. The number of aromatic nitrogens is 2. The lowest BCUT2D eigenvalue weighted by molar-refractivity contribution is 0.0587. The molecule has 0 radical (unpaired) electrons. The molecule has 0 spiro atoms. The molecule has 3 aliphatic heterocycles. The summed E-state index contributed by atoms with van der Waals surface area (Å²) >= 11 is 1.33. The molecule has 1 aromatic carbocycles. The summed E-state index contributed by atoms with van der Waals surface area (Å²) in [6.45, 7) is 3.99. The molecule has 11 heteroatoms. The first-order chi connectivity index (χ1) is 18.3. The van der Waals surface area contributed by atoms with Gasteiger partial charge in [-0.1, -0.05) is 19.9 Å². The van der Waals surface area contributed by atoms with Crippen LogP contribution in [0.15, 0.2) is 58.5 Å². The minimum absolute atomic E-state index is 0.0184. The molecule has 1 N–H and O–H groups in total. The molecule has 0 saturated carbocycles. The van der Waals surface area contributed by atoms with Gasteiger partial charge in [-0.05, 0) is 24.1 Å². The summed E-state index contributed by atoms with van der Waals surface area (Å²) in [5, 5.41) is 12.6. The average molecular weight is 539 g/mol. The van der Waals surface area contributed by atoms with E-state index in [1.54, 1.807) is 28.2 Å². The number of carbonyl (C=O) groups is 1. The molecule has 38 heavy (non-hydrogen) atoms. The number of carbonyl (C=O) groups excluding carboxylic acids is 1. The Morgan fingerprint density at radius 1 is 1.24 bits per heavy atom. The van der Waals surface area contributed by atoms with Gasteiger partial charge in [0.2, 0.25) is 5.43 Å². The van der Waals surface area contributed by atoms with Crippen molar-refractivity contribution in [1.82, 2.24) is 14.6 Å². The smallest absolute Gasteiger partial charge is 0.278 e. The van der Waals surface area contributed by atoms with Crippen LogP contribution in [0.25, 0.3) is 0 Å². The van der Waals surface area contributed by atoms with Crippen molar-refractivity contribution in [3.63, 3.8) is 0 Å². The third kappa shape index (κ3) is 3.67. The van der Waals surface area contributed by atoms with Crippen molar-refractivity contribution in [2.24, 2.45) is 5.92 Å². The molecule has 2 atom stereocenters. The Morgan fingerprint density at radius 3 is 2.84 bits per heavy atom. The van der Waals surface area contributed by atoms with Gasteiger partial charge in [0.1, 0.15) is 25.1 Å². The van der Waals surface area contributed by atoms with Crippen LogP contribution < -0.4 is 15.2 Å². The molecule has 0 saturated heterocycles. The second-order valence-electron chi connectivity index (χ2n) is 9.69. The van der Waals surface area contributed by atoms with E-state index in [4.69, 9.17) is 4.74 Å². The second kappa shape index (κ2) is 9.16. The van der Waals surface area contributed by atoms with Crippen molar-refractivity contribution < 1.29 is 23.4 Å². The van der Waals surface area contributed by atoms with Crippen molar-refractivity contribution in [1.29, 1.82) is 0 Å². The summed E-state index contributed by atoms with van der Waals surface area (Å²) in [6.07, 6.45) is 6.59. The van der Waals surface area contributed by atoms with Crippen LogP contribution in [0.5, 0.6) is 11.5 Å². The highest BCUT2D eigenvalue weighted by molar-refractivity contribution is 7.98. The minimum Gasteiger partial charge on any atom is -0.502 e. The lowest BCUT2D eigenvalue weighted by atomic mass is 9.95. The molecular weight excluding hydrogens is 514 g/mol. The highest BCUT2D eigenvalue weighted by Gasteiger charge is 2.43. The number of fused-ring (bicyclic) bond motifs is 7. The van der Waals surface area contributed by atoms with Crippen molar-refractivity contribution in [2.75, 3.05) is 18.3 Å². The number of benzene rings is 1. The van der Waals surface area contributed by atoms with E-state index in [1.807, 2.05) is 26.0 Å². The van der Waals surface area contributed by atoms with E-state index < -0.39 is 40.8 Å². The molecule has 2 aromatic heterocycles. The Kier molecular flexibility index (Phi) is 5.90. The fraction of sp³-hybridized carbons (Fsp3) is 0.296. The van der Waals surface area contributed by atoms with Crippen LogP contribution in [0.1, 0.15) is 47.2 Å². The predicted octanol–water partition coefficient (Wildman–Crippen LogP) is 3.95.